The van der Waals surface area contributed by atoms with Gasteiger partial charge < -0.3 is 4.98 Å². The van der Waals surface area contributed by atoms with Crippen molar-refractivity contribution in [2.24, 2.45) is 0 Å². The van der Waals surface area contributed by atoms with E-state index in [1.807, 2.05) is 30.3 Å². The molecule has 2 aromatic rings. The molecule has 0 saturated carbocycles. The fourth-order valence-corrected chi connectivity index (χ4v) is 1.38. The molecule has 1 N–H and O–H groups in total. The van der Waals surface area contributed by atoms with E-state index >= 15 is 0 Å². The van der Waals surface area contributed by atoms with Crippen LogP contribution in [0.5, 0.6) is 0 Å². The predicted octanol–water partition coefficient (Wildman–Crippen LogP) is 1.90. The molecular weight excluding hydrogens is 196 g/mol. The standard InChI is InChI=1S/C10H8N2OS/c13-10-9(14)11-6-7-12(10)8-4-2-1-3-5-8/h1-7H,(H,11,14). The maximum atomic E-state index is 11.6. The predicted molar refractivity (Wildman–Crippen MR) is 57.2 cm³/mol. The van der Waals surface area contributed by atoms with Gasteiger partial charge in [0, 0.05) is 18.1 Å². The average molecular weight is 204 g/mol. The zero-order valence-electron chi connectivity index (χ0n) is 7.31. The Labute approximate surface area is 85.7 Å². The van der Waals surface area contributed by atoms with Crippen LogP contribution in [0.2, 0.25) is 0 Å². The lowest BCUT2D eigenvalue weighted by Gasteiger charge is -2.03. The van der Waals surface area contributed by atoms with Crippen molar-refractivity contribution in [2.75, 3.05) is 0 Å². The number of hydrogen-bond acceptors (Lipinski definition) is 2. The number of hydrogen-bond donors (Lipinski definition) is 1. The Bertz CT molecular complexity index is 542. The summed E-state index contributed by atoms with van der Waals surface area (Å²) < 4.78 is 1.73. The molecule has 0 amide bonds. The molecule has 2 rings (SSSR count). The van der Waals surface area contributed by atoms with E-state index in [1.54, 1.807) is 12.4 Å². The Hall–Kier alpha value is -1.68. The molecule has 0 aliphatic carbocycles. The molecular formula is C10H8N2OS. The van der Waals surface area contributed by atoms with Crippen LogP contribution >= 0.6 is 12.2 Å². The summed E-state index contributed by atoms with van der Waals surface area (Å²) in [5.41, 5.74) is 0.617. The van der Waals surface area contributed by atoms with Crippen LogP contribution < -0.4 is 5.56 Å². The molecule has 0 saturated heterocycles. The van der Waals surface area contributed by atoms with Gasteiger partial charge in [0.2, 0.25) is 0 Å². The van der Waals surface area contributed by atoms with Crippen molar-refractivity contribution in [2.45, 2.75) is 0 Å². The average Bonchev–Trinajstić information content (AvgIpc) is 2.23. The van der Waals surface area contributed by atoms with E-state index in [4.69, 9.17) is 12.2 Å². The Morgan fingerprint density at radius 1 is 1.21 bits per heavy atom. The smallest absolute Gasteiger partial charge is 0.290 e. The van der Waals surface area contributed by atoms with Crippen LogP contribution in [0, 0.1) is 4.64 Å². The molecule has 0 spiro atoms. The van der Waals surface area contributed by atoms with Gasteiger partial charge in [-0.3, -0.25) is 9.36 Å². The van der Waals surface area contributed by atoms with Crippen LogP contribution in [-0.2, 0) is 0 Å². The van der Waals surface area contributed by atoms with Crippen LogP contribution in [-0.4, -0.2) is 9.55 Å². The van der Waals surface area contributed by atoms with Gasteiger partial charge in [0.05, 0.1) is 0 Å². The third kappa shape index (κ3) is 1.52. The maximum absolute atomic E-state index is 11.6. The Morgan fingerprint density at radius 2 is 1.93 bits per heavy atom. The minimum Gasteiger partial charge on any atom is -0.347 e. The molecule has 0 aliphatic heterocycles. The van der Waals surface area contributed by atoms with E-state index in [-0.39, 0.29) is 10.2 Å². The van der Waals surface area contributed by atoms with E-state index < -0.39 is 0 Å². The fraction of sp³-hybridized carbons (Fsp3) is 0. The summed E-state index contributed by atoms with van der Waals surface area (Å²) in [7, 11) is 0. The molecule has 0 bridgehead atoms. The molecule has 3 nitrogen and oxygen atoms in total. The van der Waals surface area contributed by atoms with Crippen molar-refractivity contribution in [1.82, 2.24) is 9.55 Å². The first-order valence-corrected chi connectivity index (χ1v) is 4.55. The molecule has 0 aliphatic rings. The highest BCUT2D eigenvalue weighted by Crippen LogP contribution is 2.02. The largest absolute Gasteiger partial charge is 0.347 e. The van der Waals surface area contributed by atoms with Gasteiger partial charge >= 0.3 is 0 Å². The molecule has 4 heteroatoms. The monoisotopic (exact) mass is 204 g/mol. The summed E-state index contributed by atoms with van der Waals surface area (Å²) in [6.07, 6.45) is 3.31. The van der Waals surface area contributed by atoms with Crippen molar-refractivity contribution in [3.8, 4) is 5.69 Å². The van der Waals surface area contributed by atoms with Gasteiger partial charge in [-0.15, -0.1) is 0 Å². The zero-order valence-corrected chi connectivity index (χ0v) is 8.12. The van der Waals surface area contributed by atoms with E-state index in [0.29, 0.717) is 0 Å². The quantitative estimate of drug-likeness (QED) is 0.720. The third-order valence-corrected chi connectivity index (χ3v) is 2.18. The normalized spacial score (nSPS) is 10.0. The third-order valence-electron chi connectivity index (χ3n) is 1.89. The van der Waals surface area contributed by atoms with Crippen molar-refractivity contribution in [3.05, 3.63) is 57.7 Å². The maximum Gasteiger partial charge on any atom is 0.290 e. The molecule has 0 radical (unpaired) electrons. The van der Waals surface area contributed by atoms with Crippen LogP contribution in [0.3, 0.4) is 0 Å². The second-order valence-corrected chi connectivity index (χ2v) is 3.21. The second kappa shape index (κ2) is 3.59. The number of nitrogens with one attached hydrogen (secondary N) is 1. The summed E-state index contributed by atoms with van der Waals surface area (Å²) >= 11 is 4.85. The number of rotatable bonds is 1. The molecule has 0 fully saturated rings. The Kier molecular flexibility index (Phi) is 2.28. The summed E-state index contributed by atoms with van der Waals surface area (Å²) in [4.78, 5) is 14.3. The molecule has 14 heavy (non-hydrogen) atoms. The highest BCUT2D eigenvalue weighted by molar-refractivity contribution is 7.71. The number of aromatic nitrogens is 2. The van der Waals surface area contributed by atoms with E-state index in [0.717, 1.165) is 5.69 Å². The van der Waals surface area contributed by atoms with Crippen LogP contribution in [0.25, 0.3) is 5.69 Å². The fourth-order valence-electron chi connectivity index (χ4n) is 1.22. The van der Waals surface area contributed by atoms with Gasteiger partial charge in [-0.2, -0.15) is 0 Å². The highest BCUT2D eigenvalue weighted by Gasteiger charge is 1.97. The number of para-hydroxylation sites is 1. The first-order chi connectivity index (χ1) is 6.79. The van der Waals surface area contributed by atoms with Gasteiger partial charge in [-0.25, -0.2) is 0 Å². The summed E-state index contributed by atoms with van der Waals surface area (Å²) in [5.74, 6) is 0. The molecule has 0 atom stereocenters. The van der Waals surface area contributed by atoms with Gasteiger partial charge in [-0.1, -0.05) is 30.4 Å². The molecule has 1 aromatic carbocycles. The van der Waals surface area contributed by atoms with Crippen molar-refractivity contribution < 1.29 is 0 Å². The van der Waals surface area contributed by atoms with Gasteiger partial charge in [0.15, 0.2) is 4.64 Å². The molecule has 0 unspecified atom stereocenters. The lowest BCUT2D eigenvalue weighted by Crippen LogP contribution is -2.18. The van der Waals surface area contributed by atoms with Crippen LogP contribution in [0.1, 0.15) is 0 Å². The van der Waals surface area contributed by atoms with Crippen molar-refractivity contribution >= 4 is 12.2 Å². The van der Waals surface area contributed by atoms with Gasteiger partial charge in [0.1, 0.15) is 0 Å². The lowest BCUT2D eigenvalue weighted by atomic mass is 10.3. The SMILES string of the molecule is O=c1c(=S)[nH]ccn1-c1ccccc1. The van der Waals surface area contributed by atoms with Crippen molar-refractivity contribution in [1.29, 1.82) is 0 Å². The molecule has 1 heterocycles. The van der Waals surface area contributed by atoms with Gasteiger partial charge in [-0.05, 0) is 12.1 Å². The highest BCUT2D eigenvalue weighted by atomic mass is 32.1. The minimum absolute atomic E-state index is 0.200. The Morgan fingerprint density at radius 3 is 2.64 bits per heavy atom. The van der Waals surface area contributed by atoms with E-state index in [1.165, 1.54) is 4.57 Å². The van der Waals surface area contributed by atoms with Crippen molar-refractivity contribution in [3.63, 3.8) is 0 Å². The second-order valence-electron chi connectivity index (χ2n) is 2.80. The summed E-state index contributed by atoms with van der Waals surface area (Å²) in [6.45, 7) is 0. The first kappa shape index (κ1) is 8.90. The van der Waals surface area contributed by atoms with E-state index in [9.17, 15) is 4.79 Å². The topological polar surface area (TPSA) is 37.8 Å². The first-order valence-electron chi connectivity index (χ1n) is 4.15. The summed E-state index contributed by atoms with van der Waals surface area (Å²) in [5, 5.41) is 0. The van der Waals surface area contributed by atoms with Gasteiger partial charge in [0.25, 0.3) is 5.56 Å². The van der Waals surface area contributed by atoms with Crippen LogP contribution in [0.4, 0.5) is 0 Å². The lowest BCUT2D eigenvalue weighted by molar-refractivity contribution is 0.946. The number of H-pyrrole nitrogens is 1. The molecule has 1 aromatic heterocycles. The van der Waals surface area contributed by atoms with Crippen LogP contribution in [0.15, 0.2) is 47.5 Å². The molecule has 70 valence electrons. The van der Waals surface area contributed by atoms with E-state index in [2.05, 4.69) is 4.98 Å². The Balaban J connectivity index is 2.70. The summed E-state index contributed by atoms with van der Waals surface area (Å²) in [6, 6.07) is 9.37. The number of nitrogens with zero attached hydrogens (tertiary/aromatic N) is 1. The number of benzene rings is 1. The number of aromatic amines is 1. The zero-order chi connectivity index (χ0) is 9.97. The minimum atomic E-state index is -0.200.